The van der Waals surface area contributed by atoms with Crippen LogP contribution in [0, 0.1) is 5.82 Å². The van der Waals surface area contributed by atoms with E-state index in [1.165, 1.54) is 12.1 Å². The largest absolute Gasteiger partial charge is 0.467 e. The summed E-state index contributed by atoms with van der Waals surface area (Å²) in [5.74, 6) is 0.0466. The maximum absolute atomic E-state index is 13.6. The summed E-state index contributed by atoms with van der Waals surface area (Å²) in [4.78, 5) is 32.5. The molecule has 4 rings (SSSR count). The van der Waals surface area contributed by atoms with Crippen LogP contribution < -0.4 is 0 Å². The minimum atomic E-state index is -0.328. The minimum absolute atomic E-state index is 0.0311. The van der Waals surface area contributed by atoms with Crippen molar-refractivity contribution in [1.29, 1.82) is 0 Å². The maximum Gasteiger partial charge on any atom is 0.242 e. The Morgan fingerprint density at radius 1 is 0.838 bits per heavy atom. The zero-order valence-corrected chi connectivity index (χ0v) is 21.1. The lowest BCUT2D eigenvalue weighted by Gasteiger charge is -2.30. The van der Waals surface area contributed by atoms with Crippen molar-refractivity contribution in [3.63, 3.8) is 0 Å². The fraction of sp³-hybridized carbons (Fsp3) is 0.379. The number of halogens is 1. The van der Waals surface area contributed by atoms with Crippen LogP contribution in [-0.2, 0) is 33.8 Å². The van der Waals surface area contributed by atoms with Gasteiger partial charge >= 0.3 is 0 Å². The first-order valence-electron chi connectivity index (χ1n) is 12.7. The second-order valence-electron chi connectivity index (χ2n) is 9.24. The van der Waals surface area contributed by atoms with Gasteiger partial charge in [0.25, 0.3) is 0 Å². The molecule has 0 radical (unpaired) electrons. The Kier molecular flexibility index (Phi) is 9.85. The summed E-state index contributed by atoms with van der Waals surface area (Å²) in [5.41, 5.74) is 1.72. The summed E-state index contributed by atoms with van der Waals surface area (Å²) in [6.45, 7) is 5.05. The van der Waals surface area contributed by atoms with Crippen LogP contribution in [0.25, 0.3) is 0 Å². The molecule has 2 heterocycles. The van der Waals surface area contributed by atoms with E-state index in [0.29, 0.717) is 12.3 Å². The summed E-state index contributed by atoms with van der Waals surface area (Å²) >= 11 is 0. The van der Waals surface area contributed by atoms with Gasteiger partial charge in [0, 0.05) is 32.7 Å². The van der Waals surface area contributed by atoms with Gasteiger partial charge in [-0.3, -0.25) is 14.5 Å². The van der Waals surface area contributed by atoms with Crippen molar-refractivity contribution in [3.05, 3.63) is 95.7 Å². The molecule has 0 aliphatic carbocycles. The minimum Gasteiger partial charge on any atom is -0.467 e. The number of hydrogen-bond donors (Lipinski definition) is 0. The highest BCUT2D eigenvalue weighted by Crippen LogP contribution is 2.14. The Bertz CT molecular complexity index is 1100. The number of hydrogen-bond acceptors (Lipinski definition) is 5. The standard InChI is InChI=1S/C29H34FN3O4/c30-26-11-9-25(10-12-26)21-33(22-27-8-4-17-37-27)29(35)23-32(14-5-13-31-15-18-36-19-16-31)28(34)20-24-6-2-1-3-7-24/h1-4,6-12,17H,5,13-16,18-23H2. The predicted molar refractivity (Wildman–Crippen MR) is 138 cm³/mol. The van der Waals surface area contributed by atoms with Crippen molar-refractivity contribution in [2.75, 3.05) is 45.9 Å². The van der Waals surface area contributed by atoms with Gasteiger partial charge in [-0.25, -0.2) is 4.39 Å². The van der Waals surface area contributed by atoms with E-state index in [1.54, 1.807) is 34.3 Å². The SMILES string of the molecule is O=C(Cc1ccccc1)N(CCCN1CCOCC1)CC(=O)N(Cc1ccc(F)cc1)Cc1ccco1. The van der Waals surface area contributed by atoms with E-state index in [2.05, 4.69) is 4.90 Å². The van der Waals surface area contributed by atoms with Crippen LogP contribution in [0.3, 0.4) is 0 Å². The van der Waals surface area contributed by atoms with E-state index in [9.17, 15) is 14.0 Å². The van der Waals surface area contributed by atoms with Crippen LogP contribution in [0.2, 0.25) is 0 Å². The Morgan fingerprint density at radius 3 is 2.30 bits per heavy atom. The molecule has 1 aliphatic rings. The first-order chi connectivity index (χ1) is 18.1. The molecule has 0 N–H and O–H groups in total. The van der Waals surface area contributed by atoms with E-state index in [-0.39, 0.29) is 43.7 Å². The van der Waals surface area contributed by atoms with Crippen molar-refractivity contribution >= 4 is 11.8 Å². The van der Waals surface area contributed by atoms with E-state index in [1.807, 2.05) is 36.4 Å². The zero-order chi connectivity index (χ0) is 25.9. The quantitative estimate of drug-likeness (QED) is 0.374. The Balaban J connectivity index is 1.45. The Labute approximate surface area is 217 Å². The molecule has 1 aromatic heterocycles. The molecule has 3 aromatic rings. The summed E-state index contributed by atoms with van der Waals surface area (Å²) in [7, 11) is 0. The molecule has 1 fully saturated rings. The van der Waals surface area contributed by atoms with Gasteiger partial charge in [-0.2, -0.15) is 0 Å². The molecule has 2 aromatic carbocycles. The molecule has 7 nitrogen and oxygen atoms in total. The number of ether oxygens (including phenoxy) is 1. The Morgan fingerprint density at radius 2 is 1.59 bits per heavy atom. The molecule has 0 saturated carbocycles. The smallest absolute Gasteiger partial charge is 0.242 e. The number of benzene rings is 2. The average molecular weight is 508 g/mol. The van der Waals surface area contributed by atoms with Crippen molar-refractivity contribution in [3.8, 4) is 0 Å². The predicted octanol–water partition coefficient (Wildman–Crippen LogP) is 3.74. The summed E-state index contributed by atoms with van der Waals surface area (Å²) in [6, 6.07) is 19.2. The number of morpholine rings is 1. The van der Waals surface area contributed by atoms with Crippen LogP contribution in [0.5, 0.6) is 0 Å². The van der Waals surface area contributed by atoms with Crippen molar-refractivity contribution in [2.45, 2.75) is 25.9 Å². The number of carbonyl (C=O) groups is 2. The lowest BCUT2D eigenvalue weighted by Crippen LogP contribution is -2.44. The monoisotopic (exact) mass is 507 g/mol. The number of furan rings is 1. The van der Waals surface area contributed by atoms with E-state index >= 15 is 0 Å². The third-order valence-corrected chi connectivity index (χ3v) is 6.45. The molecule has 0 spiro atoms. The topological polar surface area (TPSA) is 66.2 Å². The van der Waals surface area contributed by atoms with Gasteiger partial charge in [-0.1, -0.05) is 42.5 Å². The lowest BCUT2D eigenvalue weighted by atomic mass is 10.1. The first-order valence-corrected chi connectivity index (χ1v) is 12.7. The fourth-order valence-corrected chi connectivity index (χ4v) is 4.38. The molecule has 1 aliphatic heterocycles. The molecule has 196 valence electrons. The van der Waals surface area contributed by atoms with Crippen LogP contribution in [0.1, 0.15) is 23.3 Å². The summed E-state index contributed by atoms with van der Waals surface area (Å²) < 4.78 is 24.3. The third-order valence-electron chi connectivity index (χ3n) is 6.45. The van der Waals surface area contributed by atoms with Crippen LogP contribution >= 0.6 is 0 Å². The third kappa shape index (κ3) is 8.55. The van der Waals surface area contributed by atoms with Crippen molar-refractivity contribution in [2.24, 2.45) is 0 Å². The van der Waals surface area contributed by atoms with Crippen molar-refractivity contribution < 1.29 is 23.1 Å². The van der Waals surface area contributed by atoms with E-state index in [0.717, 1.165) is 50.4 Å². The number of rotatable bonds is 12. The van der Waals surface area contributed by atoms with Crippen LogP contribution in [0.15, 0.2) is 77.4 Å². The highest BCUT2D eigenvalue weighted by molar-refractivity contribution is 5.86. The molecule has 0 atom stereocenters. The average Bonchev–Trinajstić information content (AvgIpc) is 3.43. The lowest BCUT2D eigenvalue weighted by molar-refractivity contribution is -0.141. The molecular formula is C29H34FN3O4. The number of amides is 2. The number of nitrogens with zero attached hydrogens (tertiary/aromatic N) is 3. The van der Waals surface area contributed by atoms with Crippen molar-refractivity contribution in [1.82, 2.24) is 14.7 Å². The number of carbonyl (C=O) groups excluding carboxylic acids is 2. The van der Waals surface area contributed by atoms with Gasteiger partial charge in [-0.15, -0.1) is 0 Å². The zero-order valence-electron chi connectivity index (χ0n) is 21.1. The van der Waals surface area contributed by atoms with E-state index < -0.39 is 0 Å². The van der Waals surface area contributed by atoms with Crippen LogP contribution in [-0.4, -0.2) is 72.5 Å². The fourth-order valence-electron chi connectivity index (χ4n) is 4.38. The van der Waals surface area contributed by atoms with Crippen LogP contribution in [0.4, 0.5) is 4.39 Å². The summed E-state index contributed by atoms with van der Waals surface area (Å²) in [5, 5.41) is 0. The first kappa shape index (κ1) is 26.6. The van der Waals surface area contributed by atoms with Gasteiger partial charge < -0.3 is 19.0 Å². The Hall–Kier alpha value is -3.49. The van der Waals surface area contributed by atoms with Gasteiger partial charge in [-0.05, 0) is 41.8 Å². The maximum atomic E-state index is 13.6. The normalized spacial score (nSPS) is 13.9. The highest BCUT2D eigenvalue weighted by Gasteiger charge is 2.23. The second kappa shape index (κ2) is 13.7. The van der Waals surface area contributed by atoms with E-state index in [4.69, 9.17) is 9.15 Å². The van der Waals surface area contributed by atoms with Gasteiger partial charge in [0.15, 0.2) is 0 Å². The van der Waals surface area contributed by atoms with Gasteiger partial charge in [0.1, 0.15) is 11.6 Å². The molecule has 2 amide bonds. The molecule has 8 heteroatoms. The highest BCUT2D eigenvalue weighted by atomic mass is 19.1. The molecular weight excluding hydrogens is 473 g/mol. The molecule has 0 unspecified atom stereocenters. The summed E-state index contributed by atoms with van der Waals surface area (Å²) in [6.07, 6.45) is 2.57. The second-order valence-corrected chi connectivity index (χ2v) is 9.24. The molecule has 1 saturated heterocycles. The molecule has 0 bridgehead atoms. The molecule has 37 heavy (non-hydrogen) atoms. The van der Waals surface area contributed by atoms with Gasteiger partial charge in [0.05, 0.1) is 39.0 Å². The van der Waals surface area contributed by atoms with Gasteiger partial charge in [0.2, 0.25) is 11.8 Å².